The molecule has 0 aromatic heterocycles. The van der Waals surface area contributed by atoms with Crippen molar-refractivity contribution < 1.29 is 9.47 Å². The van der Waals surface area contributed by atoms with Gasteiger partial charge in [0.05, 0.1) is 11.7 Å². The summed E-state index contributed by atoms with van der Waals surface area (Å²) >= 11 is 0. The zero-order chi connectivity index (χ0) is 14.2. The van der Waals surface area contributed by atoms with Crippen LogP contribution in [0.3, 0.4) is 0 Å². The highest BCUT2D eigenvalue weighted by Crippen LogP contribution is 2.37. The van der Waals surface area contributed by atoms with Crippen molar-refractivity contribution in [1.29, 1.82) is 0 Å². The molecule has 0 radical (unpaired) electrons. The van der Waals surface area contributed by atoms with Crippen LogP contribution in [0.15, 0.2) is 18.2 Å². The first-order valence-corrected chi connectivity index (χ1v) is 7.69. The van der Waals surface area contributed by atoms with E-state index in [-0.39, 0.29) is 11.7 Å². The lowest BCUT2D eigenvalue weighted by Crippen LogP contribution is -2.24. The second-order valence-electron chi connectivity index (χ2n) is 6.55. The molecule has 3 heteroatoms. The zero-order valence-electron chi connectivity index (χ0n) is 12.7. The predicted molar refractivity (Wildman–Crippen MR) is 80.2 cm³/mol. The van der Waals surface area contributed by atoms with Crippen molar-refractivity contribution in [3.63, 3.8) is 0 Å². The Hall–Kier alpha value is -1.06. The molecule has 3 nitrogen and oxygen atoms in total. The molecule has 0 saturated carbocycles. The standard InChI is InChI=1S/C17H25NO2/c1-17(2)10-9-12(20-17)11-19-16-6-4-5-13-14(16)7-8-15(13)18-3/h4-6,12,15,18H,7-11H2,1-3H3. The molecule has 3 rings (SSSR count). The van der Waals surface area contributed by atoms with Crippen molar-refractivity contribution in [3.05, 3.63) is 29.3 Å². The van der Waals surface area contributed by atoms with Crippen molar-refractivity contribution in [1.82, 2.24) is 5.32 Å². The number of hydrogen-bond donors (Lipinski definition) is 1. The third kappa shape index (κ3) is 2.70. The van der Waals surface area contributed by atoms with Gasteiger partial charge in [-0.1, -0.05) is 12.1 Å². The summed E-state index contributed by atoms with van der Waals surface area (Å²) < 4.78 is 12.1. The second-order valence-corrected chi connectivity index (χ2v) is 6.55. The van der Waals surface area contributed by atoms with Gasteiger partial charge in [-0.25, -0.2) is 0 Å². The highest BCUT2D eigenvalue weighted by molar-refractivity contribution is 5.45. The summed E-state index contributed by atoms with van der Waals surface area (Å²) in [6.07, 6.45) is 4.73. The fraction of sp³-hybridized carbons (Fsp3) is 0.647. The maximum Gasteiger partial charge on any atom is 0.122 e. The van der Waals surface area contributed by atoms with Gasteiger partial charge in [0, 0.05) is 6.04 Å². The van der Waals surface area contributed by atoms with Gasteiger partial charge < -0.3 is 14.8 Å². The summed E-state index contributed by atoms with van der Waals surface area (Å²) in [4.78, 5) is 0. The largest absolute Gasteiger partial charge is 0.491 e. The van der Waals surface area contributed by atoms with Crippen molar-refractivity contribution in [2.24, 2.45) is 0 Å². The minimum Gasteiger partial charge on any atom is -0.491 e. The van der Waals surface area contributed by atoms with E-state index in [1.54, 1.807) is 0 Å². The number of ether oxygens (including phenoxy) is 2. The Kier molecular flexibility index (Phi) is 3.74. The Morgan fingerprint density at radius 3 is 2.90 bits per heavy atom. The van der Waals surface area contributed by atoms with Gasteiger partial charge >= 0.3 is 0 Å². The molecule has 110 valence electrons. The minimum atomic E-state index is 0.0177. The maximum absolute atomic E-state index is 6.07. The molecule has 1 aromatic rings. The summed E-state index contributed by atoms with van der Waals surface area (Å²) in [6.45, 7) is 4.99. The fourth-order valence-electron chi connectivity index (χ4n) is 3.43. The summed E-state index contributed by atoms with van der Waals surface area (Å²) in [5.74, 6) is 1.05. The van der Waals surface area contributed by atoms with Gasteiger partial charge in [-0.05, 0) is 63.8 Å². The number of hydrogen-bond acceptors (Lipinski definition) is 3. The SMILES string of the molecule is CNC1CCc2c(OCC3CCC(C)(C)O3)cccc21. The molecule has 0 spiro atoms. The van der Waals surface area contributed by atoms with Crippen LogP contribution in [0.25, 0.3) is 0 Å². The Morgan fingerprint density at radius 1 is 1.35 bits per heavy atom. The summed E-state index contributed by atoms with van der Waals surface area (Å²) in [6, 6.07) is 6.89. The first kappa shape index (κ1) is 13.9. The number of nitrogens with one attached hydrogen (secondary N) is 1. The quantitative estimate of drug-likeness (QED) is 0.915. The molecule has 1 saturated heterocycles. The van der Waals surface area contributed by atoms with Gasteiger partial charge in [0.25, 0.3) is 0 Å². The fourth-order valence-corrected chi connectivity index (χ4v) is 3.43. The van der Waals surface area contributed by atoms with Gasteiger partial charge in [-0.15, -0.1) is 0 Å². The topological polar surface area (TPSA) is 30.5 Å². The minimum absolute atomic E-state index is 0.0177. The third-order valence-electron chi connectivity index (χ3n) is 4.55. The van der Waals surface area contributed by atoms with E-state index >= 15 is 0 Å². The summed E-state index contributed by atoms with van der Waals surface area (Å²) in [5.41, 5.74) is 2.80. The summed E-state index contributed by atoms with van der Waals surface area (Å²) in [5, 5.41) is 3.38. The van der Waals surface area contributed by atoms with Crippen LogP contribution in [0, 0.1) is 0 Å². The molecule has 0 amide bonds. The van der Waals surface area contributed by atoms with Crippen LogP contribution in [0.2, 0.25) is 0 Å². The molecular formula is C17H25NO2. The Labute approximate surface area is 121 Å². The Balaban J connectivity index is 1.66. The van der Waals surface area contributed by atoms with Gasteiger partial charge in [-0.2, -0.15) is 0 Å². The van der Waals surface area contributed by atoms with E-state index in [0.29, 0.717) is 12.6 Å². The van der Waals surface area contributed by atoms with E-state index in [4.69, 9.17) is 9.47 Å². The zero-order valence-corrected chi connectivity index (χ0v) is 12.7. The molecule has 2 unspecified atom stereocenters. The first-order chi connectivity index (χ1) is 9.59. The van der Waals surface area contributed by atoms with Crippen molar-refractivity contribution in [3.8, 4) is 5.75 Å². The maximum atomic E-state index is 6.07. The van der Waals surface area contributed by atoms with Crippen LogP contribution in [-0.4, -0.2) is 25.4 Å². The Bertz CT molecular complexity index is 484. The molecule has 2 atom stereocenters. The Morgan fingerprint density at radius 2 is 2.20 bits per heavy atom. The van der Waals surface area contributed by atoms with Gasteiger partial charge in [0.15, 0.2) is 0 Å². The number of rotatable bonds is 4. The van der Waals surface area contributed by atoms with Crippen LogP contribution in [-0.2, 0) is 11.2 Å². The van der Waals surface area contributed by atoms with E-state index < -0.39 is 0 Å². The van der Waals surface area contributed by atoms with E-state index in [1.807, 2.05) is 7.05 Å². The molecule has 1 heterocycles. The molecule has 1 aromatic carbocycles. The summed E-state index contributed by atoms with van der Waals surface area (Å²) in [7, 11) is 2.03. The molecule has 0 bridgehead atoms. The average Bonchev–Trinajstić information content (AvgIpc) is 2.99. The third-order valence-corrected chi connectivity index (χ3v) is 4.55. The van der Waals surface area contributed by atoms with E-state index in [0.717, 1.165) is 25.0 Å². The molecule has 20 heavy (non-hydrogen) atoms. The second kappa shape index (κ2) is 5.38. The normalized spacial score (nSPS) is 27.6. The average molecular weight is 275 g/mol. The van der Waals surface area contributed by atoms with Crippen molar-refractivity contribution in [2.45, 2.75) is 57.3 Å². The molecule has 1 fully saturated rings. The van der Waals surface area contributed by atoms with Crippen LogP contribution in [0.5, 0.6) is 5.75 Å². The lowest BCUT2D eigenvalue weighted by atomic mass is 10.1. The lowest BCUT2D eigenvalue weighted by Gasteiger charge is -2.20. The van der Waals surface area contributed by atoms with E-state index in [1.165, 1.54) is 17.5 Å². The molecule has 2 aliphatic rings. The smallest absolute Gasteiger partial charge is 0.122 e. The monoisotopic (exact) mass is 275 g/mol. The molecule has 1 aliphatic carbocycles. The van der Waals surface area contributed by atoms with Crippen molar-refractivity contribution in [2.75, 3.05) is 13.7 Å². The molecule has 1 N–H and O–H groups in total. The number of benzene rings is 1. The molecular weight excluding hydrogens is 250 g/mol. The van der Waals surface area contributed by atoms with Crippen LogP contribution < -0.4 is 10.1 Å². The van der Waals surface area contributed by atoms with Crippen LogP contribution in [0.4, 0.5) is 0 Å². The van der Waals surface area contributed by atoms with Crippen LogP contribution in [0.1, 0.15) is 50.3 Å². The van der Waals surface area contributed by atoms with Gasteiger partial charge in [0.2, 0.25) is 0 Å². The highest BCUT2D eigenvalue weighted by atomic mass is 16.6. The first-order valence-electron chi connectivity index (χ1n) is 7.69. The van der Waals surface area contributed by atoms with E-state index in [2.05, 4.69) is 37.4 Å². The number of fused-ring (bicyclic) bond motifs is 1. The van der Waals surface area contributed by atoms with Gasteiger partial charge in [-0.3, -0.25) is 0 Å². The van der Waals surface area contributed by atoms with Crippen LogP contribution >= 0.6 is 0 Å². The molecule has 1 aliphatic heterocycles. The predicted octanol–water partition coefficient (Wildman–Crippen LogP) is 3.23. The van der Waals surface area contributed by atoms with Gasteiger partial charge in [0.1, 0.15) is 12.4 Å². The highest BCUT2D eigenvalue weighted by Gasteiger charge is 2.32. The van der Waals surface area contributed by atoms with E-state index in [9.17, 15) is 0 Å². The van der Waals surface area contributed by atoms with Crippen molar-refractivity contribution >= 4 is 0 Å². The lowest BCUT2D eigenvalue weighted by molar-refractivity contribution is -0.0327.